The van der Waals surface area contributed by atoms with Gasteiger partial charge in [0.2, 0.25) is 5.75 Å². The van der Waals surface area contributed by atoms with Crippen molar-refractivity contribution in [3.8, 4) is 5.75 Å². The van der Waals surface area contributed by atoms with Crippen molar-refractivity contribution in [3.05, 3.63) is 75.3 Å². The number of carbonyl (C=O) groups is 1. The van der Waals surface area contributed by atoms with Crippen LogP contribution in [0.25, 0.3) is 5.76 Å². The molecule has 0 fully saturated rings. The average molecular weight is 349 g/mol. The summed E-state index contributed by atoms with van der Waals surface area (Å²) >= 11 is 0. The van der Waals surface area contributed by atoms with Crippen LogP contribution in [0.4, 0.5) is 18.9 Å². The van der Waals surface area contributed by atoms with E-state index in [9.17, 15) is 28.1 Å². The summed E-state index contributed by atoms with van der Waals surface area (Å²) in [4.78, 5) is 21.9. The van der Waals surface area contributed by atoms with Gasteiger partial charge in [-0.25, -0.2) is 0 Å². The molecule has 0 amide bonds. The van der Waals surface area contributed by atoms with Gasteiger partial charge in [-0.3, -0.25) is 10.1 Å². The van der Waals surface area contributed by atoms with Crippen LogP contribution in [0.15, 0.2) is 48.5 Å². The van der Waals surface area contributed by atoms with Gasteiger partial charge in [0.05, 0.1) is 16.4 Å². The Morgan fingerprint density at radius 1 is 1.16 bits per heavy atom. The third kappa shape index (κ3) is 3.10. The highest BCUT2D eigenvalue weighted by Gasteiger charge is 2.32. The number of nitro groups is 1. The van der Waals surface area contributed by atoms with Crippen molar-refractivity contribution in [2.24, 2.45) is 0 Å². The predicted molar refractivity (Wildman–Crippen MR) is 82.0 cm³/mol. The molecule has 5 nitrogen and oxygen atoms in total. The molecule has 0 N–H and O–H groups in total. The van der Waals surface area contributed by atoms with Crippen LogP contribution in [0.5, 0.6) is 5.75 Å². The summed E-state index contributed by atoms with van der Waals surface area (Å²) in [5.41, 5.74) is -0.877. The maximum atomic E-state index is 12.9. The zero-order chi connectivity index (χ0) is 18.2. The first-order valence-corrected chi connectivity index (χ1v) is 7.11. The monoisotopic (exact) mass is 349 g/mol. The molecule has 8 heteroatoms. The van der Waals surface area contributed by atoms with E-state index >= 15 is 0 Å². The summed E-state index contributed by atoms with van der Waals surface area (Å²) in [5.74, 6) is -1.03. The molecule has 1 atom stereocenters. The Morgan fingerprint density at radius 2 is 1.88 bits per heavy atom. The Labute approximate surface area is 139 Å². The lowest BCUT2D eigenvalue weighted by molar-refractivity contribution is -0.385. The zero-order valence-electron chi connectivity index (χ0n) is 12.5. The van der Waals surface area contributed by atoms with Crippen LogP contribution < -0.4 is 4.74 Å². The van der Waals surface area contributed by atoms with E-state index < -0.39 is 22.6 Å². The predicted octanol–water partition coefficient (Wildman–Crippen LogP) is 4.33. The van der Waals surface area contributed by atoms with Gasteiger partial charge >= 0.3 is 11.9 Å². The molecule has 1 aliphatic rings. The molecule has 0 bridgehead atoms. The van der Waals surface area contributed by atoms with E-state index in [1.54, 1.807) is 0 Å². The first kappa shape index (κ1) is 16.7. The first-order chi connectivity index (χ1) is 11.8. The van der Waals surface area contributed by atoms with E-state index in [-0.39, 0.29) is 22.8 Å². The summed E-state index contributed by atoms with van der Waals surface area (Å²) in [5, 5.41) is 11.2. The molecule has 0 radical (unpaired) electrons. The number of halogens is 3. The van der Waals surface area contributed by atoms with Gasteiger partial charge in [-0.1, -0.05) is 24.3 Å². The second-order valence-corrected chi connectivity index (χ2v) is 5.33. The number of allylic oxidation sites excluding steroid dienone is 1. The number of hydrogen-bond donors (Lipinski definition) is 0. The Morgan fingerprint density at radius 3 is 2.52 bits per heavy atom. The molecule has 3 rings (SSSR count). The standard InChI is InChI=1S/C17H10F3NO4/c18-17(19,20)12-4-1-3-10(7-12)15-8-11(9-22)13-5-2-6-14(21(23)24)16(13)25-15/h1-9,11H. The maximum absolute atomic E-state index is 12.9. The Balaban J connectivity index is 2.10. The fraction of sp³-hybridized carbons (Fsp3) is 0.118. The maximum Gasteiger partial charge on any atom is 0.416 e. The summed E-state index contributed by atoms with van der Waals surface area (Å²) in [6.07, 6.45) is -2.65. The second kappa shape index (κ2) is 6.04. The number of ether oxygens (including phenoxy) is 1. The molecule has 1 aliphatic heterocycles. The molecule has 2 aromatic rings. The van der Waals surface area contributed by atoms with E-state index in [1.165, 1.54) is 36.4 Å². The molecular weight excluding hydrogens is 339 g/mol. The molecule has 2 aromatic carbocycles. The highest BCUT2D eigenvalue weighted by molar-refractivity contribution is 5.79. The number of para-hydroxylation sites is 1. The van der Waals surface area contributed by atoms with Crippen LogP contribution in [0.2, 0.25) is 0 Å². The summed E-state index contributed by atoms with van der Waals surface area (Å²) < 4.78 is 44.1. The number of nitro benzene ring substituents is 1. The van der Waals surface area contributed by atoms with E-state index in [2.05, 4.69) is 0 Å². The number of hydrogen-bond acceptors (Lipinski definition) is 4. The molecule has 0 aromatic heterocycles. The van der Waals surface area contributed by atoms with E-state index in [0.29, 0.717) is 11.8 Å². The van der Waals surface area contributed by atoms with Crippen LogP contribution in [0, 0.1) is 10.1 Å². The lowest BCUT2D eigenvalue weighted by atomic mass is 9.94. The minimum absolute atomic E-state index is 0.0370. The number of rotatable bonds is 3. The van der Waals surface area contributed by atoms with Gasteiger partial charge in [0.25, 0.3) is 0 Å². The lowest BCUT2D eigenvalue weighted by Gasteiger charge is -2.22. The van der Waals surface area contributed by atoms with Crippen LogP contribution in [0.1, 0.15) is 22.6 Å². The van der Waals surface area contributed by atoms with Crippen molar-refractivity contribution < 1.29 is 27.6 Å². The largest absolute Gasteiger partial charge is 0.449 e. The Kier molecular flexibility index (Phi) is 4.03. The quantitative estimate of drug-likeness (QED) is 0.470. The van der Waals surface area contributed by atoms with Gasteiger partial charge in [-0.15, -0.1) is 0 Å². The van der Waals surface area contributed by atoms with Crippen molar-refractivity contribution in [2.75, 3.05) is 0 Å². The molecular formula is C17H10F3NO4. The van der Waals surface area contributed by atoms with E-state index in [1.807, 2.05) is 0 Å². The van der Waals surface area contributed by atoms with Crippen LogP contribution in [-0.2, 0) is 11.0 Å². The van der Waals surface area contributed by atoms with Gasteiger partial charge in [-0.2, -0.15) is 13.2 Å². The van der Waals surface area contributed by atoms with Crippen molar-refractivity contribution in [3.63, 3.8) is 0 Å². The van der Waals surface area contributed by atoms with Gasteiger partial charge in [0.1, 0.15) is 12.0 Å². The fourth-order valence-corrected chi connectivity index (χ4v) is 2.57. The van der Waals surface area contributed by atoms with Crippen molar-refractivity contribution >= 4 is 17.7 Å². The number of aldehydes is 1. The second-order valence-electron chi connectivity index (χ2n) is 5.33. The van der Waals surface area contributed by atoms with Gasteiger partial charge in [0.15, 0.2) is 0 Å². The smallest absolute Gasteiger partial charge is 0.416 e. The minimum atomic E-state index is -4.54. The molecule has 1 heterocycles. The van der Waals surface area contributed by atoms with E-state index in [0.717, 1.165) is 12.1 Å². The van der Waals surface area contributed by atoms with E-state index in [4.69, 9.17) is 4.74 Å². The molecule has 25 heavy (non-hydrogen) atoms. The highest BCUT2D eigenvalue weighted by atomic mass is 19.4. The summed E-state index contributed by atoms with van der Waals surface area (Å²) in [6.45, 7) is 0. The fourth-order valence-electron chi connectivity index (χ4n) is 2.57. The van der Waals surface area contributed by atoms with Crippen LogP contribution in [-0.4, -0.2) is 11.2 Å². The third-order valence-electron chi connectivity index (χ3n) is 3.74. The molecule has 1 unspecified atom stereocenters. The lowest BCUT2D eigenvalue weighted by Crippen LogP contribution is -2.12. The number of nitrogens with zero attached hydrogens (tertiary/aromatic N) is 1. The topological polar surface area (TPSA) is 69.4 Å². The Bertz CT molecular complexity index is 890. The SMILES string of the molecule is O=CC1C=C(c2cccc(C(F)(F)F)c2)Oc2c1cccc2[N+](=O)[O-]. The molecule has 0 aliphatic carbocycles. The third-order valence-corrected chi connectivity index (χ3v) is 3.74. The minimum Gasteiger partial charge on any atom is -0.449 e. The van der Waals surface area contributed by atoms with Crippen molar-refractivity contribution in [1.82, 2.24) is 0 Å². The molecule has 0 saturated carbocycles. The van der Waals surface area contributed by atoms with Crippen molar-refractivity contribution in [1.29, 1.82) is 0 Å². The number of carbonyl (C=O) groups excluding carboxylic acids is 1. The number of benzene rings is 2. The van der Waals surface area contributed by atoms with Crippen molar-refractivity contribution in [2.45, 2.75) is 12.1 Å². The molecule has 0 spiro atoms. The Hall–Kier alpha value is -3.16. The van der Waals surface area contributed by atoms with Gasteiger partial charge < -0.3 is 9.53 Å². The molecule has 0 saturated heterocycles. The normalized spacial score (nSPS) is 16.4. The van der Waals surface area contributed by atoms with Gasteiger partial charge in [0, 0.05) is 17.2 Å². The number of fused-ring (bicyclic) bond motifs is 1. The van der Waals surface area contributed by atoms with Gasteiger partial charge in [-0.05, 0) is 18.2 Å². The summed E-state index contributed by atoms with van der Waals surface area (Å²) in [6, 6.07) is 8.47. The highest BCUT2D eigenvalue weighted by Crippen LogP contribution is 2.42. The molecule has 128 valence electrons. The first-order valence-electron chi connectivity index (χ1n) is 7.11. The number of alkyl halides is 3. The average Bonchev–Trinajstić information content (AvgIpc) is 2.59. The zero-order valence-corrected chi connectivity index (χ0v) is 12.5. The van der Waals surface area contributed by atoms with Crippen LogP contribution in [0.3, 0.4) is 0 Å². The van der Waals surface area contributed by atoms with Crippen LogP contribution >= 0.6 is 0 Å². The summed E-state index contributed by atoms with van der Waals surface area (Å²) in [7, 11) is 0.